The van der Waals surface area contributed by atoms with Crippen LogP contribution in [0.1, 0.15) is 23.4 Å². The molecule has 2 aromatic rings. The summed E-state index contributed by atoms with van der Waals surface area (Å²) in [7, 11) is 0. The molecule has 0 spiro atoms. The molecule has 0 bridgehead atoms. The number of aromatic nitrogens is 1. The zero-order valence-corrected chi connectivity index (χ0v) is 8.52. The van der Waals surface area contributed by atoms with Crippen molar-refractivity contribution in [1.29, 1.82) is 0 Å². The summed E-state index contributed by atoms with van der Waals surface area (Å²) in [5, 5.41) is 1.33. The maximum absolute atomic E-state index is 6.08. The molecule has 1 N–H and O–H groups in total. The fraction of sp³-hybridized carbons (Fsp3) is 0.273. The van der Waals surface area contributed by atoms with Gasteiger partial charge in [0.25, 0.3) is 0 Å². The van der Waals surface area contributed by atoms with Gasteiger partial charge in [0, 0.05) is 17.1 Å². The first kappa shape index (κ1) is 8.64. The van der Waals surface area contributed by atoms with Crippen molar-refractivity contribution in [1.82, 2.24) is 4.98 Å². The summed E-state index contributed by atoms with van der Waals surface area (Å²) in [4.78, 5) is 3.23. The van der Waals surface area contributed by atoms with E-state index in [1.807, 2.05) is 13.1 Å². The smallest absolute Gasteiger partial charge is 0.0578 e. The maximum Gasteiger partial charge on any atom is 0.0578 e. The van der Waals surface area contributed by atoms with Crippen LogP contribution in [-0.2, 0) is 0 Å². The minimum atomic E-state index is 0.0647. The average Bonchev–Trinajstić information content (AvgIpc) is 2.49. The molecule has 1 atom stereocenters. The minimum Gasteiger partial charge on any atom is -0.361 e. The topological polar surface area (TPSA) is 15.8 Å². The summed E-state index contributed by atoms with van der Waals surface area (Å²) in [6, 6.07) is 6.24. The van der Waals surface area contributed by atoms with E-state index < -0.39 is 0 Å². The van der Waals surface area contributed by atoms with Crippen molar-refractivity contribution in [3.63, 3.8) is 0 Å². The van der Waals surface area contributed by atoms with Gasteiger partial charge in [0.15, 0.2) is 0 Å². The van der Waals surface area contributed by atoms with Gasteiger partial charge in [-0.3, -0.25) is 0 Å². The number of benzene rings is 1. The molecule has 0 radical (unpaired) electrons. The highest BCUT2D eigenvalue weighted by atomic mass is 35.5. The van der Waals surface area contributed by atoms with Crippen LogP contribution in [0.5, 0.6) is 0 Å². The van der Waals surface area contributed by atoms with E-state index >= 15 is 0 Å². The van der Waals surface area contributed by atoms with Crippen LogP contribution in [0.4, 0.5) is 0 Å². The Kier molecular flexibility index (Phi) is 2.04. The molecule has 0 saturated carbocycles. The fourth-order valence-electron chi connectivity index (χ4n) is 1.71. The Morgan fingerprint density at radius 2 is 2.15 bits per heavy atom. The predicted octanol–water partition coefficient (Wildman–Crippen LogP) is 3.78. The Balaban J connectivity index is 2.79. The number of H-pyrrole nitrogens is 1. The van der Waals surface area contributed by atoms with Crippen molar-refractivity contribution in [3.8, 4) is 0 Å². The molecule has 0 aliphatic heterocycles. The molecule has 0 saturated heterocycles. The number of hydrogen-bond donors (Lipinski definition) is 1. The molecular formula is C11H12ClN. The first-order chi connectivity index (χ1) is 6.20. The summed E-state index contributed by atoms with van der Waals surface area (Å²) in [6.07, 6.45) is 2.00. The van der Waals surface area contributed by atoms with E-state index in [9.17, 15) is 0 Å². The standard InChI is InChI=1S/C11H12ClN/c1-7-4-3-5-10-11(7)9(6-13-10)8(2)12/h3-6,8,13H,1-2H3. The molecule has 2 heteroatoms. The third-order valence-corrected chi connectivity index (χ3v) is 2.61. The molecule has 13 heavy (non-hydrogen) atoms. The van der Waals surface area contributed by atoms with Gasteiger partial charge in [-0.25, -0.2) is 0 Å². The van der Waals surface area contributed by atoms with Gasteiger partial charge >= 0.3 is 0 Å². The molecule has 2 rings (SSSR count). The van der Waals surface area contributed by atoms with Gasteiger partial charge in [-0.1, -0.05) is 12.1 Å². The van der Waals surface area contributed by atoms with E-state index in [0.717, 1.165) is 0 Å². The van der Waals surface area contributed by atoms with Crippen molar-refractivity contribution < 1.29 is 0 Å². The van der Waals surface area contributed by atoms with Gasteiger partial charge in [0.1, 0.15) is 0 Å². The van der Waals surface area contributed by atoms with Gasteiger partial charge in [0.05, 0.1) is 5.38 Å². The van der Waals surface area contributed by atoms with Gasteiger partial charge in [-0.15, -0.1) is 11.6 Å². The number of rotatable bonds is 1. The largest absolute Gasteiger partial charge is 0.361 e. The van der Waals surface area contributed by atoms with Crippen LogP contribution in [0.3, 0.4) is 0 Å². The van der Waals surface area contributed by atoms with Crippen molar-refractivity contribution in [3.05, 3.63) is 35.5 Å². The molecule has 1 aromatic heterocycles. The number of hydrogen-bond acceptors (Lipinski definition) is 0. The Hall–Kier alpha value is -0.950. The second-order valence-electron chi connectivity index (χ2n) is 3.36. The molecular weight excluding hydrogens is 182 g/mol. The number of nitrogens with one attached hydrogen (secondary N) is 1. The van der Waals surface area contributed by atoms with Crippen LogP contribution >= 0.6 is 11.6 Å². The highest BCUT2D eigenvalue weighted by molar-refractivity contribution is 6.21. The molecule has 68 valence electrons. The fourth-order valence-corrected chi connectivity index (χ4v) is 1.88. The van der Waals surface area contributed by atoms with Gasteiger partial charge in [-0.2, -0.15) is 0 Å². The van der Waals surface area contributed by atoms with Crippen LogP contribution in [0.25, 0.3) is 10.9 Å². The van der Waals surface area contributed by atoms with E-state index in [2.05, 4.69) is 30.1 Å². The summed E-state index contributed by atoms with van der Waals surface area (Å²) < 4.78 is 0. The van der Waals surface area contributed by atoms with E-state index in [1.54, 1.807) is 0 Å². The Bertz CT molecular complexity index is 429. The zero-order valence-electron chi connectivity index (χ0n) is 7.76. The van der Waals surface area contributed by atoms with Gasteiger partial charge < -0.3 is 4.98 Å². The van der Waals surface area contributed by atoms with Crippen LogP contribution in [-0.4, -0.2) is 4.98 Å². The molecule has 0 amide bonds. The third-order valence-electron chi connectivity index (χ3n) is 2.37. The third kappa shape index (κ3) is 1.33. The lowest BCUT2D eigenvalue weighted by Gasteiger charge is -2.02. The lowest BCUT2D eigenvalue weighted by Crippen LogP contribution is -1.82. The maximum atomic E-state index is 6.08. The number of alkyl halides is 1. The molecule has 1 nitrogen and oxygen atoms in total. The van der Waals surface area contributed by atoms with Gasteiger partial charge in [0.2, 0.25) is 0 Å². The SMILES string of the molecule is Cc1cccc2[nH]cc(C(C)Cl)c12. The summed E-state index contributed by atoms with van der Waals surface area (Å²) in [6.45, 7) is 4.11. The minimum absolute atomic E-state index is 0.0647. The predicted molar refractivity (Wildman–Crippen MR) is 57.3 cm³/mol. The normalized spacial score (nSPS) is 13.5. The first-order valence-electron chi connectivity index (χ1n) is 4.41. The summed E-state index contributed by atoms with van der Waals surface area (Å²) in [5.41, 5.74) is 3.64. The van der Waals surface area contributed by atoms with E-state index in [1.165, 1.54) is 22.0 Å². The van der Waals surface area contributed by atoms with E-state index in [4.69, 9.17) is 11.6 Å². The molecule has 0 aliphatic rings. The summed E-state index contributed by atoms with van der Waals surface area (Å²) in [5.74, 6) is 0. The van der Waals surface area contributed by atoms with Crippen molar-refractivity contribution >= 4 is 22.5 Å². The first-order valence-corrected chi connectivity index (χ1v) is 4.84. The molecule has 0 aliphatic carbocycles. The second-order valence-corrected chi connectivity index (χ2v) is 4.01. The van der Waals surface area contributed by atoms with E-state index in [-0.39, 0.29) is 5.38 Å². The van der Waals surface area contributed by atoms with Crippen LogP contribution in [0.15, 0.2) is 24.4 Å². The van der Waals surface area contributed by atoms with Crippen molar-refractivity contribution in [2.45, 2.75) is 19.2 Å². The monoisotopic (exact) mass is 193 g/mol. The van der Waals surface area contributed by atoms with Crippen molar-refractivity contribution in [2.75, 3.05) is 0 Å². The number of fused-ring (bicyclic) bond motifs is 1. The van der Waals surface area contributed by atoms with Crippen molar-refractivity contribution in [2.24, 2.45) is 0 Å². The van der Waals surface area contributed by atoms with Crippen LogP contribution in [0, 0.1) is 6.92 Å². The molecule has 1 unspecified atom stereocenters. The lowest BCUT2D eigenvalue weighted by atomic mass is 10.1. The van der Waals surface area contributed by atoms with E-state index in [0.29, 0.717) is 0 Å². The Morgan fingerprint density at radius 3 is 2.85 bits per heavy atom. The van der Waals surface area contributed by atoms with Crippen LogP contribution in [0.2, 0.25) is 0 Å². The number of aromatic amines is 1. The average molecular weight is 194 g/mol. The Morgan fingerprint density at radius 1 is 1.38 bits per heavy atom. The number of aryl methyl sites for hydroxylation is 1. The van der Waals surface area contributed by atoms with Crippen LogP contribution < -0.4 is 0 Å². The Labute approximate surface area is 82.7 Å². The van der Waals surface area contributed by atoms with Gasteiger partial charge in [-0.05, 0) is 31.0 Å². The molecule has 0 fully saturated rings. The lowest BCUT2D eigenvalue weighted by molar-refractivity contribution is 1.10. The highest BCUT2D eigenvalue weighted by Crippen LogP contribution is 2.29. The quantitative estimate of drug-likeness (QED) is 0.664. The number of halogens is 1. The zero-order chi connectivity index (χ0) is 9.42. The molecule has 1 heterocycles. The highest BCUT2D eigenvalue weighted by Gasteiger charge is 2.09. The molecule has 1 aromatic carbocycles. The second kappa shape index (κ2) is 3.08. The summed E-state index contributed by atoms with van der Waals surface area (Å²) >= 11 is 6.08.